The van der Waals surface area contributed by atoms with Gasteiger partial charge in [-0.1, -0.05) is 13.8 Å². The monoisotopic (exact) mass is 270 g/mol. The van der Waals surface area contributed by atoms with Crippen molar-refractivity contribution in [2.75, 3.05) is 13.7 Å². The molecule has 1 heterocycles. The molecule has 5 nitrogen and oxygen atoms in total. The highest BCUT2D eigenvalue weighted by Crippen LogP contribution is 2.21. The Morgan fingerprint density at radius 1 is 1.37 bits per heavy atom. The number of ether oxygens (including phenoxy) is 1. The van der Waals surface area contributed by atoms with Gasteiger partial charge in [-0.05, 0) is 31.6 Å². The van der Waals surface area contributed by atoms with Gasteiger partial charge in [-0.2, -0.15) is 0 Å². The summed E-state index contributed by atoms with van der Waals surface area (Å²) in [5.74, 6) is 0.104. The zero-order valence-electron chi connectivity index (χ0n) is 12.2. The fraction of sp³-hybridized carbons (Fsp3) is 0.857. The van der Waals surface area contributed by atoms with Crippen LogP contribution in [-0.4, -0.2) is 42.5 Å². The second-order valence-corrected chi connectivity index (χ2v) is 5.70. The van der Waals surface area contributed by atoms with Gasteiger partial charge in [0.1, 0.15) is 0 Å². The molecule has 1 fully saturated rings. The fourth-order valence-corrected chi connectivity index (χ4v) is 2.60. The molecule has 110 valence electrons. The molecule has 0 saturated carbocycles. The lowest BCUT2D eigenvalue weighted by molar-refractivity contribution is -0.145. The van der Waals surface area contributed by atoms with Crippen molar-refractivity contribution in [3.05, 3.63) is 0 Å². The van der Waals surface area contributed by atoms with Gasteiger partial charge < -0.3 is 15.4 Å². The standard InChI is InChI=1S/C14H26N2O3/c1-10(2)8-12(15)14(18)16-7-5-4-6-11(16)9-13(17)19-3/h10-12H,4-9,15H2,1-3H3. The highest BCUT2D eigenvalue weighted by molar-refractivity contribution is 5.82. The van der Waals surface area contributed by atoms with Crippen LogP contribution in [0.4, 0.5) is 0 Å². The highest BCUT2D eigenvalue weighted by Gasteiger charge is 2.31. The maximum absolute atomic E-state index is 12.4. The van der Waals surface area contributed by atoms with Gasteiger partial charge in [0, 0.05) is 12.6 Å². The van der Waals surface area contributed by atoms with E-state index < -0.39 is 6.04 Å². The molecule has 2 atom stereocenters. The smallest absolute Gasteiger partial charge is 0.307 e. The van der Waals surface area contributed by atoms with Crippen LogP contribution >= 0.6 is 0 Å². The molecule has 0 aromatic heterocycles. The molecule has 19 heavy (non-hydrogen) atoms. The lowest BCUT2D eigenvalue weighted by Crippen LogP contribution is -2.51. The minimum Gasteiger partial charge on any atom is -0.469 e. The van der Waals surface area contributed by atoms with E-state index in [1.807, 2.05) is 0 Å². The first-order valence-electron chi connectivity index (χ1n) is 7.08. The topological polar surface area (TPSA) is 72.6 Å². The predicted octanol–water partition coefficient (Wildman–Crippen LogP) is 1.30. The van der Waals surface area contributed by atoms with E-state index in [0.717, 1.165) is 19.3 Å². The van der Waals surface area contributed by atoms with E-state index >= 15 is 0 Å². The summed E-state index contributed by atoms with van der Waals surface area (Å²) in [7, 11) is 1.38. The van der Waals surface area contributed by atoms with Crippen LogP contribution < -0.4 is 5.73 Å². The molecule has 2 N–H and O–H groups in total. The Morgan fingerprint density at radius 3 is 2.63 bits per heavy atom. The summed E-state index contributed by atoms with van der Waals surface area (Å²) < 4.78 is 4.70. The Bertz CT molecular complexity index is 318. The molecule has 1 aliphatic heterocycles. The molecule has 0 aliphatic carbocycles. The molecular weight excluding hydrogens is 244 g/mol. The average molecular weight is 270 g/mol. The third-order valence-corrected chi connectivity index (χ3v) is 3.58. The zero-order valence-corrected chi connectivity index (χ0v) is 12.2. The SMILES string of the molecule is COC(=O)CC1CCCCN1C(=O)C(N)CC(C)C. The zero-order chi connectivity index (χ0) is 14.4. The van der Waals surface area contributed by atoms with Crippen molar-refractivity contribution in [2.45, 2.75) is 58.0 Å². The van der Waals surface area contributed by atoms with Crippen LogP contribution in [0.5, 0.6) is 0 Å². The number of carbonyl (C=O) groups excluding carboxylic acids is 2. The summed E-state index contributed by atoms with van der Waals surface area (Å²) in [6.45, 7) is 4.80. The normalized spacial score (nSPS) is 21.3. The molecule has 0 radical (unpaired) electrons. The number of amides is 1. The van der Waals surface area contributed by atoms with E-state index in [-0.39, 0.29) is 24.3 Å². The Kier molecular flexibility index (Phi) is 6.28. The Labute approximate surface area is 115 Å². The number of rotatable bonds is 5. The number of hydrogen-bond acceptors (Lipinski definition) is 4. The highest BCUT2D eigenvalue weighted by atomic mass is 16.5. The molecular formula is C14H26N2O3. The lowest BCUT2D eigenvalue weighted by atomic mass is 9.96. The third-order valence-electron chi connectivity index (χ3n) is 3.58. The number of piperidine rings is 1. The minimum absolute atomic E-state index is 0.0256. The Hall–Kier alpha value is -1.10. The molecule has 0 aromatic carbocycles. The van der Waals surface area contributed by atoms with Crippen LogP contribution in [-0.2, 0) is 14.3 Å². The van der Waals surface area contributed by atoms with Crippen molar-refractivity contribution in [3.63, 3.8) is 0 Å². The summed E-state index contributed by atoms with van der Waals surface area (Å²) in [5, 5.41) is 0. The molecule has 1 amide bonds. The number of esters is 1. The van der Waals surface area contributed by atoms with Crippen molar-refractivity contribution in [1.29, 1.82) is 0 Å². The third kappa shape index (κ3) is 4.82. The first-order valence-corrected chi connectivity index (χ1v) is 7.08. The summed E-state index contributed by atoms with van der Waals surface area (Å²) in [6, 6.07) is -0.509. The van der Waals surface area contributed by atoms with E-state index in [9.17, 15) is 9.59 Å². The average Bonchev–Trinajstić information content (AvgIpc) is 2.37. The number of hydrogen-bond donors (Lipinski definition) is 1. The van der Waals surface area contributed by atoms with Gasteiger partial charge in [0.2, 0.25) is 5.91 Å². The minimum atomic E-state index is -0.460. The Balaban J connectivity index is 2.65. The Morgan fingerprint density at radius 2 is 2.05 bits per heavy atom. The molecule has 2 unspecified atom stereocenters. The van der Waals surface area contributed by atoms with Crippen LogP contribution in [0, 0.1) is 5.92 Å². The molecule has 1 rings (SSSR count). The summed E-state index contributed by atoms with van der Waals surface area (Å²) in [4.78, 5) is 25.6. The van der Waals surface area contributed by atoms with E-state index in [1.165, 1.54) is 7.11 Å². The molecule has 0 spiro atoms. The van der Waals surface area contributed by atoms with Gasteiger partial charge in [0.15, 0.2) is 0 Å². The van der Waals surface area contributed by atoms with Crippen LogP contribution in [0.25, 0.3) is 0 Å². The molecule has 1 saturated heterocycles. The van der Waals surface area contributed by atoms with Gasteiger partial charge in [-0.15, -0.1) is 0 Å². The summed E-state index contributed by atoms with van der Waals surface area (Å²) in [5.41, 5.74) is 5.97. The molecule has 1 aliphatic rings. The van der Waals surface area contributed by atoms with Gasteiger partial charge >= 0.3 is 5.97 Å². The quantitative estimate of drug-likeness (QED) is 0.764. The van der Waals surface area contributed by atoms with Crippen molar-refractivity contribution in [2.24, 2.45) is 11.7 Å². The van der Waals surface area contributed by atoms with E-state index in [4.69, 9.17) is 10.5 Å². The number of nitrogens with zero attached hydrogens (tertiary/aromatic N) is 1. The van der Waals surface area contributed by atoms with Gasteiger partial charge in [0.05, 0.1) is 19.6 Å². The van der Waals surface area contributed by atoms with Gasteiger partial charge in [0.25, 0.3) is 0 Å². The first kappa shape index (κ1) is 16.0. The second-order valence-electron chi connectivity index (χ2n) is 5.70. The summed E-state index contributed by atoms with van der Waals surface area (Å²) >= 11 is 0. The maximum atomic E-state index is 12.4. The molecule has 5 heteroatoms. The first-order chi connectivity index (χ1) is 8.95. The van der Waals surface area contributed by atoms with E-state index in [1.54, 1.807) is 4.90 Å². The van der Waals surface area contributed by atoms with Crippen molar-refractivity contribution >= 4 is 11.9 Å². The van der Waals surface area contributed by atoms with Crippen molar-refractivity contribution in [3.8, 4) is 0 Å². The largest absolute Gasteiger partial charge is 0.469 e. The van der Waals surface area contributed by atoms with E-state index in [0.29, 0.717) is 18.9 Å². The van der Waals surface area contributed by atoms with Crippen LogP contribution in [0.15, 0.2) is 0 Å². The number of likely N-dealkylation sites (tertiary alicyclic amines) is 1. The molecule has 0 aromatic rings. The number of carbonyl (C=O) groups is 2. The second kappa shape index (κ2) is 7.48. The number of methoxy groups -OCH3 is 1. The van der Waals surface area contributed by atoms with Crippen LogP contribution in [0.1, 0.15) is 46.0 Å². The van der Waals surface area contributed by atoms with Crippen LogP contribution in [0.2, 0.25) is 0 Å². The molecule has 0 bridgehead atoms. The van der Waals surface area contributed by atoms with Crippen molar-refractivity contribution in [1.82, 2.24) is 4.90 Å². The number of nitrogens with two attached hydrogens (primary N) is 1. The summed E-state index contributed by atoms with van der Waals surface area (Å²) in [6.07, 6.45) is 3.84. The lowest BCUT2D eigenvalue weighted by Gasteiger charge is -2.37. The van der Waals surface area contributed by atoms with E-state index in [2.05, 4.69) is 13.8 Å². The maximum Gasteiger partial charge on any atom is 0.307 e. The van der Waals surface area contributed by atoms with Gasteiger partial charge in [-0.3, -0.25) is 9.59 Å². The predicted molar refractivity (Wildman–Crippen MR) is 73.4 cm³/mol. The van der Waals surface area contributed by atoms with Gasteiger partial charge in [-0.25, -0.2) is 0 Å². The van der Waals surface area contributed by atoms with Crippen LogP contribution in [0.3, 0.4) is 0 Å². The van der Waals surface area contributed by atoms with Crippen molar-refractivity contribution < 1.29 is 14.3 Å². The fourth-order valence-electron chi connectivity index (χ4n) is 2.60.